The number of nitrogens with zero attached hydrogens (tertiary/aromatic N) is 5. The number of aromatic nitrogens is 4. The number of primary sulfonamides is 1. The molecule has 0 aliphatic heterocycles. The molecular formula is C28H27F3N8O4S. The first kappa shape index (κ1) is 31.7. The van der Waals surface area contributed by atoms with Gasteiger partial charge in [0.1, 0.15) is 5.82 Å². The van der Waals surface area contributed by atoms with Crippen LogP contribution in [0.4, 0.5) is 47.9 Å². The van der Waals surface area contributed by atoms with Crippen LogP contribution in [0.2, 0.25) is 0 Å². The van der Waals surface area contributed by atoms with Crippen molar-refractivity contribution in [2.24, 2.45) is 12.2 Å². The monoisotopic (exact) mass is 628 g/mol. The number of nitrogens with one attached hydrogen (secondary N) is 2. The van der Waals surface area contributed by atoms with Crippen LogP contribution in [0, 0.1) is 0 Å². The Morgan fingerprint density at radius 2 is 1.61 bits per heavy atom. The number of halogens is 3. The third kappa shape index (κ3) is 8.42. The van der Waals surface area contributed by atoms with E-state index in [0.717, 1.165) is 34.0 Å². The lowest BCUT2D eigenvalue weighted by Gasteiger charge is -2.19. The zero-order valence-electron chi connectivity index (χ0n) is 23.3. The number of sulfonamides is 1. The molecule has 0 unspecified atom stereocenters. The Bertz CT molecular complexity index is 1870. The van der Waals surface area contributed by atoms with Gasteiger partial charge in [-0.05, 0) is 54.1 Å². The van der Waals surface area contributed by atoms with Crippen LogP contribution >= 0.6 is 0 Å². The van der Waals surface area contributed by atoms with E-state index in [1.54, 1.807) is 30.5 Å². The molecule has 0 amide bonds. The fourth-order valence-corrected chi connectivity index (χ4v) is 4.59. The zero-order chi connectivity index (χ0) is 32.1. The van der Waals surface area contributed by atoms with E-state index in [0.29, 0.717) is 17.3 Å². The number of nitrogens with two attached hydrogens (primary N) is 1. The minimum Gasteiger partial charge on any atom is -0.475 e. The van der Waals surface area contributed by atoms with Crippen molar-refractivity contribution in [3.8, 4) is 0 Å². The van der Waals surface area contributed by atoms with Crippen LogP contribution in [-0.2, 0) is 27.6 Å². The van der Waals surface area contributed by atoms with Gasteiger partial charge in [0.2, 0.25) is 21.9 Å². The van der Waals surface area contributed by atoms with E-state index >= 15 is 0 Å². The van der Waals surface area contributed by atoms with Gasteiger partial charge in [0, 0.05) is 37.4 Å². The molecular weight excluding hydrogens is 601 g/mol. The van der Waals surface area contributed by atoms with Gasteiger partial charge in [0.05, 0.1) is 16.8 Å². The number of anilines is 6. The van der Waals surface area contributed by atoms with Gasteiger partial charge >= 0.3 is 12.1 Å². The van der Waals surface area contributed by atoms with E-state index in [1.165, 1.54) is 0 Å². The molecule has 230 valence electrons. The standard InChI is InChI=1S/C26H26N8O2S.C2HF3O2/c1-33(21-12-13-23-22(16-21)31-26(34(23)2)30-19-6-4-3-5-7-19)24-14-15-28-25(32-24)29-20-10-8-18(9-11-20)17-37(27,35)36;3-2(4,5)1(6)7/h3-16H,17H2,1-2H3,(H,30,31)(H2,27,35,36)(H,28,29,32);(H,6,7). The number of imidazole rings is 1. The van der Waals surface area contributed by atoms with Crippen LogP contribution in [-0.4, -0.2) is 52.2 Å². The molecule has 2 aromatic heterocycles. The van der Waals surface area contributed by atoms with Crippen molar-refractivity contribution in [1.29, 1.82) is 0 Å². The molecule has 0 atom stereocenters. The van der Waals surface area contributed by atoms with Gasteiger partial charge in [-0.3, -0.25) is 0 Å². The Labute approximate surface area is 250 Å². The van der Waals surface area contributed by atoms with E-state index in [-0.39, 0.29) is 5.75 Å². The van der Waals surface area contributed by atoms with Gasteiger partial charge in [0.15, 0.2) is 0 Å². The molecule has 2 heterocycles. The van der Waals surface area contributed by atoms with E-state index in [9.17, 15) is 21.6 Å². The summed E-state index contributed by atoms with van der Waals surface area (Å²) in [7, 11) is 0.332. The normalized spacial score (nSPS) is 11.4. The maximum atomic E-state index is 11.3. The van der Waals surface area contributed by atoms with Gasteiger partial charge in [-0.1, -0.05) is 30.3 Å². The van der Waals surface area contributed by atoms with Crippen molar-refractivity contribution in [2.75, 3.05) is 22.6 Å². The molecule has 0 aliphatic carbocycles. The third-order valence-corrected chi connectivity index (χ3v) is 6.82. The molecule has 0 fully saturated rings. The Balaban J connectivity index is 0.000000566. The minimum atomic E-state index is -5.08. The van der Waals surface area contributed by atoms with Crippen LogP contribution in [0.15, 0.2) is 85.1 Å². The van der Waals surface area contributed by atoms with Crippen molar-refractivity contribution >= 4 is 61.8 Å². The quantitative estimate of drug-likeness (QED) is 0.183. The number of para-hydroxylation sites is 1. The van der Waals surface area contributed by atoms with Crippen LogP contribution in [0.1, 0.15) is 5.56 Å². The van der Waals surface area contributed by atoms with E-state index < -0.39 is 22.2 Å². The number of aliphatic carboxylic acids is 1. The lowest BCUT2D eigenvalue weighted by atomic mass is 10.2. The van der Waals surface area contributed by atoms with Crippen molar-refractivity contribution in [2.45, 2.75) is 11.9 Å². The number of alkyl halides is 3. The van der Waals surface area contributed by atoms with Crippen LogP contribution in [0.25, 0.3) is 11.0 Å². The predicted octanol–water partition coefficient (Wildman–Crippen LogP) is 5.04. The molecule has 44 heavy (non-hydrogen) atoms. The fourth-order valence-electron chi connectivity index (χ4n) is 3.93. The number of carboxylic acids is 1. The summed E-state index contributed by atoms with van der Waals surface area (Å²) in [6.07, 6.45) is -3.41. The molecule has 16 heteroatoms. The summed E-state index contributed by atoms with van der Waals surface area (Å²) >= 11 is 0. The highest BCUT2D eigenvalue weighted by molar-refractivity contribution is 7.88. The van der Waals surface area contributed by atoms with E-state index in [2.05, 4.69) is 20.6 Å². The summed E-state index contributed by atoms with van der Waals surface area (Å²) in [5.41, 5.74) is 5.09. The maximum absolute atomic E-state index is 11.3. The van der Waals surface area contributed by atoms with Gasteiger partial charge in [-0.15, -0.1) is 0 Å². The smallest absolute Gasteiger partial charge is 0.475 e. The first-order valence-corrected chi connectivity index (χ1v) is 14.4. The van der Waals surface area contributed by atoms with Gasteiger partial charge < -0.3 is 25.2 Å². The highest BCUT2D eigenvalue weighted by Crippen LogP contribution is 2.29. The predicted molar refractivity (Wildman–Crippen MR) is 161 cm³/mol. The summed E-state index contributed by atoms with van der Waals surface area (Å²) in [5, 5.41) is 18.8. The first-order chi connectivity index (χ1) is 20.7. The molecule has 12 nitrogen and oxygen atoms in total. The lowest BCUT2D eigenvalue weighted by molar-refractivity contribution is -0.192. The summed E-state index contributed by atoms with van der Waals surface area (Å²) in [6.45, 7) is 0. The Kier molecular flexibility index (Phi) is 9.35. The van der Waals surface area contributed by atoms with E-state index in [1.807, 2.05) is 78.2 Å². The van der Waals surface area contributed by atoms with Crippen LogP contribution in [0.3, 0.4) is 0 Å². The highest BCUT2D eigenvalue weighted by Gasteiger charge is 2.38. The SMILES string of the molecule is CN(c1ccc2c(c1)nc(Nc1ccccc1)n2C)c1ccnc(Nc2ccc(CS(N)(=O)=O)cc2)n1.O=C(O)C(F)(F)F. The average molecular weight is 629 g/mol. The summed E-state index contributed by atoms with van der Waals surface area (Å²) in [5.74, 6) is -1.11. The van der Waals surface area contributed by atoms with Crippen molar-refractivity contribution in [1.82, 2.24) is 19.5 Å². The van der Waals surface area contributed by atoms with Crippen molar-refractivity contribution in [3.63, 3.8) is 0 Å². The molecule has 0 spiro atoms. The number of hydrogen-bond donors (Lipinski definition) is 4. The number of benzene rings is 3. The second-order valence-corrected chi connectivity index (χ2v) is 11.0. The molecule has 0 saturated heterocycles. The molecule has 3 aromatic carbocycles. The van der Waals surface area contributed by atoms with Crippen molar-refractivity contribution < 1.29 is 31.5 Å². The fraction of sp³-hybridized carbons (Fsp3) is 0.143. The van der Waals surface area contributed by atoms with Gasteiger partial charge in [-0.25, -0.2) is 28.3 Å². The summed E-state index contributed by atoms with van der Waals surface area (Å²) in [6, 6.07) is 24.8. The second kappa shape index (κ2) is 13.0. The Morgan fingerprint density at radius 3 is 2.23 bits per heavy atom. The van der Waals surface area contributed by atoms with Crippen molar-refractivity contribution in [3.05, 3.63) is 90.6 Å². The number of carboxylic acid groups (broad SMARTS) is 1. The maximum Gasteiger partial charge on any atom is 0.490 e. The largest absolute Gasteiger partial charge is 0.490 e. The summed E-state index contributed by atoms with van der Waals surface area (Å²) in [4.78, 5) is 24.6. The minimum absolute atomic E-state index is 0.214. The zero-order valence-corrected chi connectivity index (χ0v) is 24.1. The second-order valence-electron chi connectivity index (χ2n) is 9.39. The lowest BCUT2D eigenvalue weighted by Crippen LogP contribution is -2.21. The van der Waals surface area contributed by atoms with Crippen LogP contribution in [0.5, 0.6) is 0 Å². The number of fused-ring (bicyclic) bond motifs is 1. The Hall–Kier alpha value is -5.22. The molecule has 5 rings (SSSR count). The molecule has 0 bridgehead atoms. The molecule has 0 aliphatic rings. The summed E-state index contributed by atoms with van der Waals surface area (Å²) < 4.78 is 56.3. The number of carbonyl (C=O) groups is 1. The number of aryl methyl sites for hydroxylation is 1. The topological polar surface area (TPSA) is 168 Å². The molecule has 5 aromatic rings. The van der Waals surface area contributed by atoms with Crippen LogP contribution < -0.4 is 20.7 Å². The number of rotatable bonds is 8. The first-order valence-electron chi connectivity index (χ1n) is 12.7. The average Bonchev–Trinajstić information content (AvgIpc) is 3.27. The molecule has 0 saturated carbocycles. The number of hydrogen-bond acceptors (Lipinski definition) is 9. The van der Waals surface area contributed by atoms with Gasteiger partial charge in [0.25, 0.3) is 0 Å². The van der Waals surface area contributed by atoms with Gasteiger partial charge in [-0.2, -0.15) is 18.2 Å². The molecule has 0 radical (unpaired) electrons. The van der Waals surface area contributed by atoms with E-state index in [4.69, 9.17) is 20.0 Å². The third-order valence-electron chi connectivity index (χ3n) is 6.09. The highest BCUT2D eigenvalue weighted by atomic mass is 32.2. The molecule has 5 N–H and O–H groups in total. The Morgan fingerprint density at radius 1 is 0.977 bits per heavy atom.